The maximum Gasteiger partial charge on any atom is 0.235 e. The number of aliphatic hydroxyl groups excluding tert-OH is 1. The van der Waals surface area contributed by atoms with Gasteiger partial charge in [-0.1, -0.05) is 6.07 Å². The summed E-state index contributed by atoms with van der Waals surface area (Å²) in [5.74, 6) is -0.855. The molecule has 1 aliphatic carbocycles. The molecule has 0 bridgehead atoms. The number of sulfone groups is 1. The van der Waals surface area contributed by atoms with Crippen molar-refractivity contribution < 1.29 is 18.3 Å². The highest BCUT2D eigenvalue weighted by Crippen LogP contribution is 2.31. The third-order valence-corrected chi connectivity index (χ3v) is 4.40. The standard InChI is InChI=1S/C14H20N2O4S/c1-21(19,20)9-14(18)16-13(10-6-12(17)7-10)8-11-4-2-3-5-15-11/h2-5,10,12-13,17H,6-9H2,1H3,(H,16,18). The first-order valence-corrected chi connectivity index (χ1v) is 8.94. The number of pyridine rings is 1. The summed E-state index contributed by atoms with van der Waals surface area (Å²) < 4.78 is 22.3. The fraction of sp³-hybridized carbons (Fsp3) is 0.571. The molecular formula is C14H20N2O4S. The van der Waals surface area contributed by atoms with Gasteiger partial charge in [0.05, 0.1) is 6.10 Å². The molecule has 0 saturated heterocycles. The maximum atomic E-state index is 11.8. The molecular weight excluding hydrogens is 292 g/mol. The van der Waals surface area contributed by atoms with Gasteiger partial charge in [0.15, 0.2) is 9.84 Å². The topological polar surface area (TPSA) is 96.4 Å². The Bertz CT molecular complexity index is 582. The molecule has 1 heterocycles. The van der Waals surface area contributed by atoms with Crippen LogP contribution in [0.1, 0.15) is 18.5 Å². The minimum Gasteiger partial charge on any atom is -0.393 e. The zero-order valence-electron chi connectivity index (χ0n) is 11.9. The van der Waals surface area contributed by atoms with Gasteiger partial charge in [0.25, 0.3) is 0 Å². The van der Waals surface area contributed by atoms with E-state index in [1.807, 2.05) is 18.2 Å². The Balaban J connectivity index is 2.01. The van der Waals surface area contributed by atoms with E-state index in [1.54, 1.807) is 6.20 Å². The lowest BCUT2D eigenvalue weighted by atomic mass is 9.76. The predicted molar refractivity (Wildman–Crippen MR) is 78.3 cm³/mol. The Morgan fingerprint density at radius 2 is 2.19 bits per heavy atom. The molecule has 0 radical (unpaired) electrons. The Kier molecular flexibility index (Phi) is 4.95. The molecule has 0 spiro atoms. The second kappa shape index (κ2) is 6.53. The number of nitrogens with zero attached hydrogens (tertiary/aromatic N) is 1. The number of carbonyl (C=O) groups is 1. The third-order valence-electron chi connectivity index (χ3n) is 3.61. The Morgan fingerprint density at radius 3 is 2.71 bits per heavy atom. The fourth-order valence-electron chi connectivity index (χ4n) is 2.52. The van der Waals surface area contributed by atoms with Crippen LogP contribution in [0, 0.1) is 5.92 Å². The van der Waals surface area contributed by atoms with Crippen molar-refractivity contribution in [3.63, 3.8) is 0 Å². The van der Waals surface area contributed by atoms with Crippen LogP contribution >= 0.6 is 0 Å². The highest BCUT2D eigenvalue weighted by molar-refractivity contribution is 7.91. The molecule has 1 saturated carbocycles. The van der Waals surface area contributed by atoms with Crippen LogP contribution in [0.5, 0.6) is 0 Å². The van der Waals surface area contributed by atoms with E-state index in [4.69, 9.17) is 0 Å². The van der Waals surface area contributed by atoms with Crippen LogP contribution in [0.3, 0.4) is 0 Å². The molecule has 116 valence electrons. The summed E-state index contributed by atoms with van der Waals surface area (Å²) in [7, 11) is -3.34. The van der Waals surface area contributed by atoms with Gasteiger partial charge in [-0.25, -0.2) is 8.42 Å². The van der Waals surface area contributed by atoms with E-state index in [9.17, 15) is 18.3 Å². The summed E-state index contributed by atoms with van der Waals surface area (Å²) in [6.45, 7) is 0. The van der Waals surface area contributed by atoms with E-state index >= 15 is 0 Å². The maximum absolute atomic E-state index is 11.8. The van der Waals surface area contributed by atoms with E-state index < -0.39 is 21.5 Å². The van der Waals surface area contributed by atoms with Crippen molar-refractivity contribution in [2.24, 2.45) is 5.92 Å². The van der Waals surface area contributed by atoms with Crippen LogP contribution in [0.15, 0.2) is 24.4 Å². The van der Waals surface area contributed by atoms with Crippen molar-refractivity contribution in [2.75, 3.05) is 12.0 Å². The van der Waals surface area contributed by atoms with Crippen molar-refractivity contribution in [3.05, 3.63) is 30.1 Å². The number of hydrogen-bond acceptors (Lipinski definition) is 5. The van der Waals surface area contributed by atoms with Gasteiger partial charge in [-0.15, -0.1) is 0 Å². The van der Waals surface area contributed by atoms with E-state index in [-0.39, 0.29) is 18.1 Å². The van der Waals surface area contributed by atoms with E-state index in [0.29, 0.717) is 19.3 Å². The number of aliphatic hydroxyl groups is 1. The van der Waals surface area contributed by atoms with Gasteiger partial charge >= 0.3 is 0 Å². The van der Waals surface area contributed by atoms with Gasteiger partial charge < -0.3 is 10.4 Å². The van der Waals surface area contributed by atoms with Crippen molar-refractivity contribution in [2.45, 2.75) is 31.4 Å². The molecule has 2 rings (SSSR count). The smallest absolute Gasteiger partial charge is 0.235 e. The average molecular weight is 312 g/mol. The van der Waals surface area contributed by atoms with E-state index in [2.05, 4.69) is 10.3 Å². The lowest BCUT2D eigenvalue weighted by Gasteiger charge is -2.38. The summed E-state index contributed by atoms with van der Waals surface area (Å²) in [4.78, 5) is 16.0. The number of amides is 1. The van der Waals surface area contributed by atoms with Crippen LogP contribution in [0.4, 0.5) is 0 Å². The summed E-state index contributed by atoms with van der Waals surface area (Å²) in [5.41, 5.74) is 0.837. The van der Waals surface area contributed by atoms with Crippen molar-refractivity contribution >= 4 is 15.7 Å². The molecule has 21 heavy (non-hydrogen) atoms. The van der Waals surface area contributed by atoms with Gasteiger partial charge in [0.2, 0.25) is 5.91 Å². The van der Waals surface area contributed by atoms with Gasteiger partial charge in [0.1, 0.15) is 5.75 Å². The SMILES string of the molecule is CS(=O)(=O)CC(=O)NC(Cc1ccccn1)C1CC(O)C1. The molecule has 6 nitrogen and oxygen atoms in total. The number of rotatable bonds is 6. The molecule has 1 fully saturated rings. The molecule has 1 aromatic heterocycles. The van der Waals surface area contributed by atoms with Crippen LogP contribution in [-0.2, 0) is 21.1 Å². The molecule has 0 aliphatic heterocycles. The van der Waals surface area contributed by atoms with Gasteiger partial charge in [0, 0.05) is 30.6 Å². The van der Waals surface area contributed by atoms with Gasteiger partial charge in [-0.05, 0) is 30.9 Å². The third kappa shape index (κ3) is 5.09. The van der Waals surface area contributed by atoms with Gasteiger partial charge in [-0.2, -0.15) is 0 Å². The summed E-state index contributed by atoms with van der Waals surface area (Å²) in [5, 5.41) is 12.2. The summed E-state index contributed by atoms with van der Waals surface area (Å²) >= 11 is 0. The quantitative estimate of drug-likeness (QED) is 0.766. The normalized spacial score (nSPS) is 23.1. The van der Waals surface area contributed by atoms with Crippen LogP contribution in [0.25, 0.3) is 0 Å². The minimum absolute atomic E-state index is 0.158. The second-order valence-corrected chi connectivity index (χ2v) is 7.79. The zero-order chi connectivity index (χ0) is 15.5. The molecule has 1 amide bonds. The van der Waals surface area contributed by atoms with Crippen molar-refractivity contribution in [3.8, 4) is 0 Å². The van der Waals surface area contributed by atoms with E-state index in [1.165, 1.54) is 0 Å². The molecule has 2 N–H and O–H groups in total. The molecule has 1 unspecified atom stereocenters. The predicted octanol–water partition coefficient (Wildman–Crippen LogP) is -0.0756. The van der Waals surface area contributed by atoms with E-state index in [0.717, 1.165) is 11.9 Å². The Labute approximate surface area is 124 Å². The lowest BCUT2D eigenvalue weighted by Crippen LogP contribution is -2.49. The average Bonchev–Trinajstić information content (AvgIpc) is 2.33. The fourth-order valence-corrected chi connectivity index (χ4v) is 3.08. The van der Waals surface area contributed by atoms with Crippen molar-refractivity contribution in [1.82, 2.24) is 10.3 Å². The van der Waals surface area contributed by atoms with Crippen LogP contribution < -0.4 is 5.32 Å². The highest BCUT2D eigenvalue weighted by atomic mass is 32.2. The van der Waals surface area contributed by atoms with Gasteiger partial charge in [-0.3, -0.25) is 9.78 Å². The molecule has 1 aromatic rings. The van der Waals surface area contributed by atoms with Crippen LogP contribution in [0.2, 0.25) is 0 Å². The first-order chi connectivity index (χ1) is 9.83. The highest BCUT2D eigenvalue weighted by Gasteiger charge is 2.35. The molecule has 7 heteroatoms. The molecule has 1 aliphatic rings. The monoisotopic (exact) mass is 312 g/mol. The first kappa shape index (κ1) is 15.9. The second-order valence-electron chi connectivity index (χ2n) is 5.65. The number of nitrogens with one attached hydrogen (secondary N) is 1. The first-order valence-electron chi connectivity index (χ1n) is 6.88. The number of aromatic nitrogens is 1. The number of carbonyl (C=O) groups excluding carboxylic acids is 1. The summed E-state index contributed by atoms with van der Waals surface area (Å²) in [6.07, 6.45) is 4.17. The number of hydrogen-bond donors (Lipinski definition) is 2. The van der Waals surface area contributed by atoms with Crippen molar-refractivity contribution in [1.29, 1.82) is 0 Å². The molecule has 0 aromatic carbocycles. The Hall–Kier alpha value is -1.47. The minimum atomic E-state index is -3.34. The summed E-state index contributed by atoms with van der Waals surface area (Å²) in [6, 6.07) is 5.35. The van der Waals surface area contributed by atoms with Crippen LogP contribution in [-0.4, -0.2) is 48.6 Å². The lowest BCUT2D eigenvalue weighted by molar-refractivity contribution is -0.120. The molecule has 1 atom stereocenters. The largest absolute Gasteiger partial charge is 0.393 e. The Morgan fingerprint density at radius 1 is 1.48 bits per heavy atom. The zero-order valence-corrected chi connectivity index (χ0v) is 12.7.